The first-order valence-corrected chi connectivity index (χ1v) is 10.8. The van der Waals surface area contributed by atoms with Crippen molar-refractivity contribution >= 4 is 20.0 Å². The Balaban J connectivity index is 1.77. The van der Waals surface area contributed by atoms with Crippen molar-refractivity contribution < 1.29 is 21.2 Å². The van der Waals surface area contributed by atoms with Crippen molar-refractivity contribution in [2.24, 2.45) is 7.05 Å². The number of hydrogen-bond donors (Lipinski definition) is 0. The highest BCUT2D eigenvalue weighted by Gasteiger charge is 2.35. The zero-order valence-corrected chi connectivity index (χ0v) is 16.0. The van der Waals surface area contributed by atoms with Gasteiger partial charge in [-0.1, -0.05) is 0 Å². The van der Waals surface area contributed by atoms with E-state index >= 15 is 0 Å². The zero-order valence-electron chi connectivity index (χ0n) is 14.3. The van der Waals surface area contributed by atoms with Gasteiger partial charge in [-0.05, 0) is 31.2 Å². The second-order valence-corrected chi connectivity index (χ2v) is 9.82. The lowest BCUT2D eigenvalue weighted by Crippen LogP contribution is -2.50. The Morgan fingerprint density at radius 3 is 1.88 bits per heavy atom. The Morgan fingerprint density at radius 2 is 1.42 bits per heavy atom. The highest BCUT2D eigenvalue weighted by atomic mass is 32.2. The van der Waals surface area contributed by atoms with Gasteiger partial charge in [0.15, 0.2) is 0 Å². The minimum absolute atomic E-state index is 0.0155. The molecular formula is C15H19FN4O4S2. The summed E-state index contributed by atoms with van der Waals surface area (Å²) in [6.07, 6.45) is 1.30. The molecule has 1 saturated heterocycles. The number of halogens is 1. The van der Waals surface area contributed by atoms with Crippen molar-refractivity contribution in [1.82, 2.24) is 18.4 Å². The van der Waals surface area contributed by atoms with E-state index in [-0.39, 0.29) is 36.0 Å². The number of aryl methyl sites for hydroxylation is 1. The third-order valence-corrected chi connectivity index (χ3v) is 8.37. The molecule has 2 heterocycles. The van der Waals surface area contributed by atoms with Gasteiger partial charge in [0.2, 0.25) is 20.0 Å². The third-order valence-electron chi connectivity index (χ3n) is 4.46. The molecule has 11 heteroatoms. The number of hydrogen-bond acceptors (Lipinski definition) is 5. The molecule has 0 saturated carbocycles. The molecule has 142 valence electrons. The predicted molar refractivity (Wildman–Crippen MR) is 91.9 cm³/mol. The van der Waals surface area contributed by atoms with Crippen LogP contribution >= 0.6 is 0 Å². The summed E-state index contributed by atoms with van der Waals surface area (Å²) in [6, 6.07) is 4.57. The molecule has 1 fully saturated rings. The van der Waals surface area contributed by atoms with Gasteiger partial charge in [-0.25, -0.2) is 21.2 Å². The van der Waals surface area contributed by atoms with Gasteiger partial charge in [-0.3, -0.25) is 4.68 Å². The number of rotatable bonds is 4. The molecule has 3 rings (SSSR count). The van der Waals surface area contributed by atoms with Crippen LogP contribution in [0.25, 0.3) is 0 Å². The van der Waals surface area contributed by atoms with Crippen molar-refractivity contribution in [1.29, 1.82) is 0 Å². The molecule has 1 aromatic carbocycles. The van der Waals surface area contributed by atoms with Crippen molar-refractivity contribution in [3.8, 4) is 0 Å². The summed E-state index contributed by atoms with van der Waals surface area (Å²) >= 11 is 0. The first kappa shape index (κ1) is 19.0. The van der Waals surface area contributed by atoms with Crippen LogP contribution in [0, 0.1) is 12.7 Å². The van der Waals surface area contributed by atoms with E-state index in [1.54, 1.807) is 14.0 Å². The van der Waals surface area contributed by atoms with E-state index in [4.69, 9.17) is 0 Å². The summed E-state index contributed by atoms with van der Waals surface area (Å²) < 4.78 is 67.7. The van der Waals surface area contributed by atoms with Crippen molar-refractivity contribution in [2.75, 3.05) is 26.2 Å². The first-order chi connectivity index (χ1) is 12.1. The standard InChI is InChI=1S/C15H19FN4O4S2/c1-12-15(11-17-18(12)2)26(23,24)20-9-7-19(8-10-20)25(21,22)14-5-3-13(16)4-6-14/h3-6,11H,7-10H2,1-2H3. The van der Waals surface area contributed by atoms with E-state index in [0.29, 0.717) is 5.69 Å². The van der Waals surface area contributed by atoms with E-state index in [9.17, 15) is 21.2 Å². The molecule has 0 amide bonds. The maximum Gasteiger partial charge on any atom is 0.246 e. The maximum absolute atomic E-state index is 13.0. The number of nitrogens with zero attached hydrogens (tertiary/aromatic N) is 4. The van der Waals surface area contributed by atoms with Crippen LogP contribution in [0.5, 0.6) is 0 Å². The normalized spacial score (nSPS) is 17.5. The summed E-state index contributed by atoms with van der Waals surface area (Å²) in [5.74, 6) is -0.522. The van der Waals surface area contributed by atoms with Crippen molar-refractivity contribution in [3.63, 3.8) is 0 Å². The molecule has 0 bridgehead atoms. The zero-order chi connectivity index (χ0) is 19.1. The second-order valence-electron chi connectivity index (χ2n) is 5.98. The molecule has 1 aliphatic heterocycles. The lowest BCUT2D eigenvalue weighted by molar-refractivity contribution is 0.272. The van der Waals surface area contributed by atoms with E-state index in [0.717, 1.165) is 12.1 Å². The molecule has 0 unspecified atom stereocenters. The van der Waals surface area contributed by atoms with E-state index in [1.165, 1.54) is 31.6 Å². The Bertz CT molecular complexity index is 1010. The van der Waals surface area contributed by atoms with Crippen LogP contribution < -0.4 is 0 Å². The molecule has 1 aromatic heterocycles. The van der Waals surface area contributed by atoms with E-state index < -0.39 is 25.9 Å². The molecule has 2 aromatic rings. The Hall–Kier alpha value is -1.82. The highest BCUT2D eigenvalue weighted by Crippen LogP contribution is 2.23. The fourth-order valence-corrected chi connectivity index (χ4v) is 5.81. The lowest BCUT2D eigenvalue weighted by Gasteiger charge is -2.33. The van der Waals surface area contributed by atoms with Gasteiger partial charge in [-0.2, -0.15) is 13.7 Å². The summed E-state index contributed by atoms with van der Waals surface area (Å²) in [5.41, 5.74) is 0.520. The third kappa shape index (κ3) is 3.27. The predicted octanol–water partition coefficient (Wildman–Crippen LogP) is 0.563. The van der Waals surface area contributed by atoms with Gasteiger partial charge < -0.3 is 0 Å². The van der Waals surface area contributed by atoms with E-state index in [2.05, 4.69) is 5.10 Å². The lowest BCUT2D eigenvalue weighted by atomic mass is 10.4. The second kappa shape index (κ2) is 6.72. The molecule has 0 spiro atoms. The van der Waals surface area contributed by atoms with E-state index in [1.807, 2.05) is 0 Å². The summed E-state index contributed by atoms with van der Waals surface area (Å²) in [7, 11) is -5.87. The summed E-state index contributed by atoms with van der Waals surface area (Å²) in [5, 5.41) is 3.95. The van der Waals surface area contributed by atoms with Crippen molar-refractivity contribution in [3.05, 3.63) is 42.0 Å². The van der Waals surface area contributed by atoms with Crippen LogP contribution in [0.3, 0.4) is 0 Å². The Kier molecular flexibility index (Phi) is 4.90. The van der Waals surface area contributed by atoms with Crippen LogP contribution in [-0.2, 0) is 27.1 Å². The molecule has 26 heavy (non-hydrogen) atoms. The van der Waals surface area contributed by atoms with Gasteiger partial charge in [0, 0.05) is 33.2 Å². The average molecular weight is 402 g/mol. The largest absolute Gasteiger partial charge is 0.272 e. The van der Waals surface area contributed by atoms with Crippen molar-refractivity contribution in [2.45, 2.75) is 16.7 Å². The Labute approximate surface area is 151 Å². The van der Waals surface area contributed by atoms with Gasteiger partial charge in [0.1, 0.15) is 10.7 Å². The molecule has 1 aliphatic rings. The summed E-state index contributed by atoms with van der Waals surface area (Å²) in [4.78, 5) is 0.105. The number of aromatic nitrogens is 2. The minimum atomic E-state index is -3.79. The molecular weight excluding hydrogens is 383 g/mol. The smallest absolute Gasteiger partial charge is 0.246 e. The molecule has 8 nitrogen and oxygen atoms in total. The minimum Gasteiger partial charge on any atom is -0.272 e. The highest BCUT2D eigenvalue weighted by molar-refractivity contribution is 7.89. The SMILES string of the molecule is Cc1c(S(=O)(=O)N2CCN(S(=O)(=O)c3ccc(F)cc3)CC2)cnn1C. The molecule has 0 N–H and O–H groups in total. The first-order valence-electron chi connectivity index (χ1n) is 7.88. The van der Waals surface area contributed by atoms with Gasteiger partial charge in [-0.15, -0.1) is 0 Å². The molecule has 0 atom stereocenters. The van der Waals surface area contributed by atoms with Crippen LogP contribution in [0.1, 0.15) is 5.69 Å². The molecule has 0 aliphatic carbocycles. The number of piperazine rings is 1. The number of sulfonamides is 2. The van der Waals surface area contributed by atoms with Crippen LogP contribution in [-0.4, -0.2) is 61.4 Å². The van der Waals surface area contributed by atoms with Crippen LogP contribution in [0.4, 0.5) is 4.39 Å². The number of benzene rings is 1. The van der Waals surface area contributed by atoms with Gasteiger partial charge in [0.25, 0.3) is 0 Å². The fraction of sp³-hybridized carbons (Fsp3) is 0.400. The monoisotopic (exact) mass is 402 g/mol. The fourth-order valence-electron chi connectivity index (χ4n) is 2.78. The van der Waals surface area contributed by atoms with Crippen LogP contribution in [0.15, 0.2) is 40.3 Å². The maximum atomic E-state index is 13.0. The summed E-state index contributed by atoms with van der Waals surface area (Å²) in [6.45, 7) is 1.79. The quantitative estimate of drug-likeness (QED) is 0.745. The Morgan fingerprint density at radius 1 is 0.923 bits per heavy atom. The topological polar surface area (TPSA) is 92.6 Å². The molecule has 0 radical (unpaired) electrons. The van der Waals surface area contributed by atoms with Crippen LogP contribution in [0.2, 0.25) is 0 Å². The average Bonchev–Trinajstić information content (AvgIpc) is 2.95. The van der Waals surface area contributed by atoms with Gasteiger partial charge in [0.05, 0.1) is 16.8 Å². The van der Waals surface area contributed by atoms with Gasteiger partial charge >= 0.3 is 0 Å².